The van der Waals surface area contributed by atoms with E-state index in [9.17, 15) is 13.2 Å². The first-order chi connectivity index (χ1) is 14.0. The highest BCUT2D eigenvalue weighted by molar-refractivity contribution is 7.92. The van der Waals surface area contributed by atoms with Crippen LogP contribution in [0.1, 0.15) is 54.5 Å². The minimum absolute atomic E-state index is 0.0562. The fourth-order valence-electron chi connectivity index (χ4n) is 3.60. The van der Waals surface area contributed by atoms with E-state index in [0.29, 0.717) is 22.7 Å². The van der Waals surface area contributed by atoms with Crippen molar-refractivity contribution in [2.75, 3.05) is 17.1 Å². The van der Waals surface area contributed by atoms with E-state index < -0.39 is 10.0 Å². The molecule has 0 aromatic heterocycles. The minimum atomic E-state index is -3.49. The second-order valence-corrected chi connectivity index (χ2v) is 10.0. The van der Waals surface area contributed by atoms with E-state index in [1.54, 1.807) is 25.1 Å². The summed E-state index contributed by atoms with van der Waals surface area (Å²) in [6.07, 6.45) is 2.61. The molecule has 1 N–H and O–H groups in total. The number of nitrogens with one attached hydrogen (secondary N) is 1. The topological polar surface area (TPSA) is 66.5 Å². The minimum Gasteiger partial charge on any atom is -0.349 e. The van der Waals surface area contributed by atoms with E-state index in [-0.39, 0.29) is 24.9 Å². The van der Waals surface area contributed by atoms with Gasteiger partial charge in [0.25, 0.3) is 0 Å². The van der Waals surface area contributed by atoms with E-state index in [2.05, 4.69) is 30.4 Å². The molecule has 0 saturated heterocycles. The maximum absolute atomic E-state index is 12.6. The van der Waals surface area contributed by atoms with Gasteiger partial charge in [-0.1, -0.05) is 48.4 Å². The molecule has 1 atom stereocenters. The summed E-state index contributed by atoms with van der Waals surface area (Å²) in [6, 6.07) is 11.4. The molecule has 0 spiro atoms. The Morgan fingerprint density at radius 3 is 2.47 bits per heavy atom. The number of sulfonamides is 1. The summed E-state index contributed by atoms with van der Waals surface area (Å²) in [5.74, 6) is -0.0851. The van der Waals surface area contributed by atoms with Crippen LogP contribution >= 0.6 is 11.6 Å². The van der Waals surface area contributed by atoms with Crippen LogP contribution in [0.25, 0.3) is 0 Å². The van der Waals surface area contributed by atoms with E-state index in [1.807, 2.05) is 13.8 Å². The number of nitrogens with zero attached hydrogens (tertiary/aromatic N) is 1. The summed E-state index contributed by atoms with van der Waals surface area (Å²) in [4.78, 5) is 12.6. The molecule has 30 heavy (non-hydrogen) atoms. The number of halogens is 1. The molecule has 0 aliphatic rings. The van der Waals surface area contributed by atoms with Crippen LogP contribution in [-0.4, -0.2) is 27.1 Å². The molecule has 0 radical (unpaired) electrons. The van der Waals surface area contributed by atoms with Crippen LogP contribution < -0.4 is 9.62 Å². The number of amides is 1. The molecule has 2 rings (SSSR count). The molecule has 2 aromatic carbocycles. The third kappa shape index (κ3) is 6.22. The molecule has 164 valence electrons. The Bertz CT molecular complexity index is 1010. The molecular formula is C23H31ClN2O3S. The van der Waals surface area contributed by atoms with Gasteiger partial charge in [0, 0.05) is 18.0 Å². The molecule has 2 aromatic rings. The molecule has 0 aliphatic heterocycles. The second-order valence-electron chi connectivity index (χ2n) is 7.71. The number of aryl methyl sites for hydroxylation is 2. The van der Waals surface area contributed by atoms with Gasteiger partial charge in [-0.15, -0.1) is 0 Å². The second kappa shape index (κ2) is 10.3. The van der Waals surface area contributed by atoms with Gasteiger partial charge in [0.2, 0.25) is 15.9 Å². The predicted molar refractivity (Wildman–Crippen MR) is 125 cm³/mol. The lowest BCUT2D eigenvalue weighted by molar-refractivity contribution is -0.121. The van der Waals surface area contributed by atoms with Crippen molar-refractivity contribution >= 4 is 33.2 Å². The van der Waals surface area contributed by atoms with E-state index in [0.717, 1.165) is 17.5 Å². The number of carbonyl (C=O) groups is 1. The Morgan fingerprint density at radius 2 is 1.87 bits per heavy atom. The third-order valence-electron chi connectivity index (χ3n) is 5.22. The van der Waals surface area contributed by atoms with Crippen LogP contribution in [0.2, 0.25) is 5.02 Å². The number of anilines is 1. The van der Waals surface area contributed by atoms with E-state index in [1.165, 1.54) is 16.1 Å². The molecule has 0 heterocycles. The largest absolute Gasteiger partial charge is 0.349 e. The van der Waals surface area contributed by atoms with Crippen molar-refractivity contribution in [1.29, 1.82) is 0 Å². The van der Waals surface area contributed by atoms with Crippen molar-refractivity contribution < 1.29 is 13.2 Å². The van der Waals surface area contributed by atoms with Crippen LogP contribution in [0.3, 0.4) is 0 Å². The van der Waals surface area contributed by atoms with Crippen molar-refractivity contribution in [1.82, 2.24) is 5.32 Å². The molecule has 0 unspecified atom stereocenters. The van der Waals surface area contributed by atoms with Crippen LogP contribution in [0.15, 0.2) is 36.4 Å². The number of rotatable bonds is 9. The molecule has 1 amide bonds. The summed E-state index contributed by atoms with van der Waals surface area (Å²) in [5, 5.41) is 3.60. The molecule has 5 nitrogen and oxygen atoms in total. The Kier molecular flexibility index (Phi) is 8.33. The van der Waals surface area contributed by atoms with Crippen molar-refractivity contribution in [3.05, 3.63) is 63.7 Å². The average molecular weight is 451 g/mol. The first-order valence-electron chi connectivity index (χ1n) is 10.1. The summed E-state index contributed by atoms with van der Waals surface area (Å²) >= 11 is 6.16. The summed E-state index contributed by atoms with van der Waals surface area (Å²) in [7, 11) is -3.49. The number of hydrogen-bond donors (Lipinski definition) is 1. The summed E-state index contributed by atoms with van der Waals surface area (Å²) in [6.45, 7) is 8.14. The standard InChI is InChI=1S/C23H31ClN2O3S/c1-6-21(19-13-12-16(2)15-17(19)3)25-23(27)11-8-14-26(30(5,28)29)22-10-7-9-20(24)18(22)4/h7,9-10,12-13,15,21H,6,8,11,14H2,1-5H3,(H,25,27)/t21-/m0/s1. The van der Waals surface area contributed by atoms with Crippen LogP contribution in [0.5, 0.6) is 0 Å². The number of hydrogen-bond acceptors (Lipinski definition) is 3. The first kappa shape index (κ1) is 24.2. The van der Waals surface area contributed by atoms with Crippen molar-refractivity contribution in [3.8, 4) is 0 Å². The van der Waals surface area contributed by atoms with Gasteiger partial charge in [-0.25, -0.2) is 8.42 Å². The normalized spacial score (nSPS) is 12.5. The Balaban J connectivity index is 2.04. The SMILES string of the molecule is CC[C@H](NC(=O)CCCN(c1cccc(Cl)c1C)S(C)(=O)=O)c1ccc(C)cc1C. The highest BCUT2D eigenvalue weighted by atomic mass is 35.5. The first-order valence-corrected chi connectivity index (χ1v) is 12.4. The van der Waals surface area contributed by atoms with Gasteiger partial charge in [0.05, 0.1) is 18.0 Å². The Labute approximate surface area is 185 Å². The molecular weight excluding hydrogens is 420 g/mol. The van der Waals surface area contributed by atoms with Crippen LogP contribution in [-0.2, 0) is 14.8 Å². The van der Waals surface area contributed by atoms with Gasteiger partial charge in [-0.2, -0.15) is 0 Å². The lowest BCUT2D eigenvalue weighted by atomic mass is 9.97. The molecule has 0 saturated carbocycles. The summed E-state index contributed by atoms with van der Waals surface area (Å²) < 4.78 is 26.0. The zero-order chi connectivity index (χ0) is 22.5. The van der Waals surface area contributed by atoms with Gasteiger partial charge < -0.3 is 5.32 Å². The lowest BCUT2D eigenvalue weighted by Crippen LogP contribution is -2.33. The zero-order valence-corrected chi connectivity index (χ0v) is 19.9. The monoisotopic (exact) mass is 450 g/mol. The highest BCUT2D eigenvalue weighted by Crippen LogP contribution is 2.28. The van der Waals surface area contributed by atoms with Crippen molar-refractivity contribution in [2.45, 2.75) is 53.0 Å². The van der Waals surface area contributed by atoms with Gasteiger partial charge in [0.1, 0.15) is 0 Å². The molecule has 0 fully saturated rings. The molecule has 7 heteroatoms. The average Bonchev–Trinajstić information content (AvgIpc) is 2.65. The van der Waals surface area contributed by atoms with Gasteiger partial charge in [0.15, 0.2) is 0 Å². The van der Waals surface area contributed by atoms with Crippen LogP contribution in [0.4, 0.5) is 5.69 Å². The molecule has 0 aliphatic carbocycles. The van der Waals surface area contributed by atoms with Crippen molar-refractivity contribution in [2.24, 2.45) is 0 Å². The Hall–Kier alpha value is -2.05. The van der Waals surface area contributed by atoms with E-state index >= 15 is 0 Å². The molecule has 0 bridgehead atoms. The Morgan fingerprint density at radius 1 is 1.17 bits per heavy atom. The third-order valence-corrected chi connectivity index (χ3v) is 6.81. The smallest absolute Gasteiger partial charge is 0.232 e. The highest BCUT2D eigenvalue weighted by Gasteiger charge is 2.21. The van der Waals surface area contributed by atoms with Gasteiger partial charge >= 0.3 is 0 Å². The van der Waals surface area contributed by atoms with Crippen LogP contribution in [0, 0.1) is 20.8 Å². The summed E-state index contributed by atoms with van der Waals surface area (Å²) in [5.41, 5.74) is 4.71. The number of carbonyl (C=O) groups excluding carboxylic acids is 1. The predicted octanol–water partition coefficient (Wildman–Crippen LogP) is 5.08. The fourth-order valence-corrected chi connectivity index (χ4v) is 4.78. The van der Waals surface area contributed by atoms with Gasteiger partial charge in [-0.05, 0) is 62.4 Å². The maximum atomic E-state index is 12.6. The zero-order valence-electron chi connectivity index (χ0n) is 18.3. The maximum Gasteiger partial charge on any atom is 0.232 e. The fraction of sp³-hybridized carbons (Fsp3) is 0.435. The lowest BCUT2D eigenvalue weighted by Gasteiger charge is -2.25. The van der Waals surface area contributed by atoms with E-state index in [4.69, 9.17) is 11.6 Å². The number of benzene rings is 2. The van der Waals surface area contributed by atoms with Gasteiger partial charge in [-0.3, -0.25) is 9.10 Å². The van der Waals surface area contributed by atoms with Crippen molar-refractivity contribution in [3.63, 3.8) is 0 Å². The quantitative estimate of drug-likeness (QED) is 0.579.